The van der Waals surface area contributed by atoms with Crippen LogP contribution in [0.1, 0.15) is 13.3 Å². The Morgan fingerprint density at radius 2 is 0.655 bits per heavy atom. The number of hydrogen-bond donors (Lipinski definition) is 2. The zero-order chi connectivity index (χ0) is 41.3. The molecule has 6 aromatic rings. The van der Waals surface area contributed by atoms with Crippen molar-refractivity contribution in [3.8, 4) is 34.5 Å². The first kappa shape index (κ1) is 41.3. The second kappa shape index (κ2) is 17.9. The van der Waals surface area contributed by atoms with Gasteiger partial charge in [-0.1, -0.05) is 6.92 Å². The first-order valence-corrected chi connectivity index (χ1v) is 22.2. The van der Waals surface area contributed by atoms with Crippen LogP contribution in [-0.2, 0) is 29.5 Å². The van der Waals surface area contributed by atoms with Crippen molar-refractivity contribution in [2.24, 2.45) is 0 Å². The Hall–Kier alpha value is -6.29. The SMILES string of the molecule is CCC(Oc1ccc(S(=O)(=O)c2ccc(O)cc2)cc1)Oc1ccc(S(=O)(=O)c2ccc(OC/C=C/COc3ccc(S(=O)(=O)c4ccc(O)cc4)cc3)cc2)cc1. The number of phenolic OH excluding ortho intramolecular Hbond substituents is 2. The summed E-state index contributed by atoms with van der Waals surface area (Å²) in [6.07, 6.45) is 3.15. The van der Waals surface area contributed by atoms with E-state index in [9.17, 15) is 35.5 Å². The molecule has 300 valence electrons. The lowest BCUT2D eigenvalue weighted by molar-refractivity contribution is 0.00323. The van der Waals surface area contributed by atoms with Crippen LogP contribution in [0.4, 0.5) is 0 Å². The van der Waals surface area contributed by atoms with Crippen LogP contribution in [-0.4, -0.2) is 55.0 Å². The van der Waals surface area contributed by atoms with Crippen LogP contribution in [0.25, 0.3) is 0 Å². The van der Waals surface area contributed by atoms with E-state index in [1.807, 2.05) is 6.92 Å². The van der Waals surface area contributed by atoms with Gasteiger partial charge in [0.05, 0.1) is 29.4 Å². The maximum Gasteiger partial charge on any atom is 0.240 e. The number of benzene rings is 6. The number of aromatic hydroxyl groups is 2. The van der Waals surface area contributed by atoms with Crippen molar-refractivity contribution in [3.05, 3.63) is 158 Å². The molecule has 6 aromatic carbocycles. The molecule has 0 heterocycles. The maximum absolute atomic E-state index is 13.3. The average Bonchev–Trinajstić information content (AvgIpc) is 3.23. The minimum absolute atomic E-state index is 0.0256. The predicted octanol–water partition coefficient (Wildman–Crippen LogP) is 7.80. The highest BCUT2D eigenvalue weighted by Crippen LogP contribution is 2.29. The zero-order valence-electron chi connectivity index (χ0n) is 30.9. The van der Waals surface area contributed by atoms with Crippen LogP contribution in [0.15, 0.2) is 187 Å². The molecule has 1 atom stereocenters. The molecule has 0 spiro atoms. The van der Waals surface area contributed by atoms with Gasteiger partial charge in [0.2, 0.25) is 35.8 Å². The van der Waals surface area contributed by atoms with Crippen molar-refractivity contribution in [2.45, 2.75) is 49.0 Å². The van der Waals surface area contributed by atoms with E-state index in [0.717, 1.165) is 0 Å². The molecule has 0 fully saturated rings. The highest BCUT2D eigenvalue weighted by atomic mass is 32.2. The van der Waals surface area contributed by atoms with E-state index in [0.29, 0.717) is 29.4 Å². The van der Waals surface area contributed by atoms with E-state index in [4.69, 9.17) is 18.9 Å². The largest absolute Gasteiger partial charge is 0.508 e. The Morgan fingerprint density at radius 3 is 0.914 bits per heavy atom. The molecular formula is C43H38O12S3. The fourth-order valence-corrected chi connectivity index (χ4v) is 9.19. The summed E-state index contributed by atoms with van der Waals surface area (Å²) in [7, 11) is -11.4. The van der Waals surface area contributed by atoms with Crippen molar-refractivity contribution < 1.29 is 54.4 Å². The molecule has 0 radical (unpaired) electrons. The maximum atomic E-state index is 13.3. The first-order valence-electron chi connectivity index (χ1n) is 17.7. The monoisotopic (exact) mass is 842 g/mol. The molecule has 6 rings (SSSR count). The van der Waals surface area contributed by atoms with Crippen molar-refractivity contribution in [1.82, 2.24) is 0 Å². The van der Waals surface area contributed by atoms with Gasteiger partial charge in [-0.25, -0.2) is 25.3 Å². The normalized spacial score (nSPS) is 12.5. The highest BCUT2D eigenvalue weighted by Gasteiger charge is 2.21. The van der Waals surface area contributed by atoms with Crippen LogP contribution in [0.5, 0.6) is 34.5 Å². The summed E-state index contributed by atoms with van der Waals surface area (Å²) in [5.74, 6) is 1.60. The van der Waals surface area contributed by atoms with Crippen molar-refractivity contribution >= 4 is 29.5 Å². The summed E-state index contributed by atoms with van der Waals surface area (Å²) in [5, 5.41) is 18.9. The second-order valence-electron chi connectivity index (χ2n) is 12.6. The Kier molecular flexibility index (Phi) is 12.7. The zero-order valence-corrected chi connectivity index (χ0v) is 33.4. The summed E-state index contributed by atoms with van der Waals surface area (Å²) in [5.41, 5.74) is 0. The van der Waals surface area contributed by atoms with Crippen molar-refractivity contribution in [1.29, 1.82) is 0 Å². The Balaban J connectivity index is 0.961. The van der Waals surface area contributed by atoms with Gasteiger partial charge in [-0.15, -0.1) is 0 Å². The van der Waals surface area contributed by atoms with Gasteiger partial charge in [0, 0.05) is 6.42 Å². The van der Waals surface area contributed by atoms with Gasteiger partial charge >= 0.3 is 0 Å². The summed E-state index contributed by atoms with van der Waals surface area (Å²) in [6.45, 7) is 2.23. The number of rotatable bonds is 17. The molecule has 58 heavy (non-hydrogen) atoms. The Bertz CT molecular complexity index is 2660. The number of hydrogen-bond acceptors (Lipinski definition) is 12. The van der Waals surface area contributed by atoms with Gasteiger partial charge in [-0.05, 0) is 158 Å². The molecule has 0 saturated heterocycles. The van der Waals surface area contributed by atoms with Crippen LogP contribution in [0.3, 0.4) is 0 Å². The van der Waals surface area contributed by atoms with E-state index in [2.05, 4.69) is 0 Å². The summed E-state index contributed by atoms with van der Waals surface area (Å²) in [6, 6.07) is 34.4. The average molecular weight is 843 g/mol. The molecule has 0 bridgehead atoms. The molecule has 15 heteroatoms. The van der Waals surface area contributed by atoms with Crippen LogP contribution >= 0.6 is 0 Å². The van der Waals surface area contributed by atoms with E-state index in [-0.39, 0.29) is 54.1 Å². The van der Waals surface area contributed by atoms with E-state index >= 15 is 0 Å². The second-order valence-corrected chi connectivity index (χ2v) is 18.4. The third-order valence-electron chi connectivity index (χ3n) is 8.56. The van der Waals surface area contributed by atoms with Gasteiger partial charge in [0.15, 0.2) is 0 Å². The summed E-state index contributed by atoms with van der Waals surface area (Å²) in [4.78, 5) is 0.399. The van der Waals surface area contributed by atoms with Gasteiger partial charge < -0.3 is 29.2 Å². The minimum Gasteiger partial charge on any atom is -0.508 e. The molecule has 12 nitrogen and oxygen atoms in total. The summed E-state index contributed by atoms with van der Waals surface area (Å²) < 4.78 is 101. The fourth-order valence-electron chi connectivity index (χ4n) is 5.40. The van der Waals surface area contributed by atoms with Gasteiger partial charge in [-0.3, -0.25) is 0 Å². The molecule has 2 N–H and O–H groups in total. The van der Waals surface area contributed by atoms with E-state index < -0.39 is 35.8 Å². The lowest BCUT2D eigenvalue weighted by Crippen LogP contribution is -2.22. The molecule has 0 amide bonds. The molecule has 0 aliphatic rings. The quantitative estimate of drug-likeness (QED) is 0.0673. The number of ether oxygens (including phenoxy) is 4. The number of sulfone groups is 3. The lowest BCUT2D eigenvalue weighted by atomic mass is 10.3. The molecule has 1 unspecified atom stereocenters. The molecule has 0 aliphatic carbocycles. The van der Waals surface area contributed by atoms with Crippen molar-refractivity contribution in [3.63, 3.8) is 0 Å². The van der Waals surface area contributed by atoms with Crippen LogP contribution in [0, 0.1) is 0 Å². The fraction of sp³-hybridized carbons (Fsp3) is 0.116. The molecule has 0 aromatic heterocycles. The minimum atomic E-state index is -3.86. The molecule has 0 aliphatic heterocycles. The number of phenols is 2. The third kappa shape index (κ3) is 9.98. The Morgan fingerprint density at radius 1 is 0.414 bits per heavy atom. The highest BCUT2D eigenvalue weighted by molar-refractivity contribution is 7.92. The van der Waals surface area contributed by atoms with Gasteiger partial charge in [0.25, 0.3) is 0 Å². The third-order valence-corrected chi connectivity index (χ3v) is 13.9. The standard InChI is InChI=1S/C43H38O12S3/c1-2-43(54-35-13-25-41(26-14-35)57(48,49)38-19-7-32(45)8-20-38)55-36-15-27-42(28-16-36)58(50,51)40-23-11-34(12-24-40)53-30-4-3-29-52-33-9-21-39(22-10-33)56(46,47)37-17-5-31(44)6-18-37/h3-28,43-45H,2,29-30H2,1H3/b4-3+. The first-order chi connectivity index (χ1) is 27.7. The van der Waals surface area contributed by atoms with E-state index in [1.165, 1.54) is 121 Å². The summed E-state index contributed by atoms with van der Waals surface area (Å²) >= 11 is 0. The predicted molar refractivity (Wildman–Crippen MR) is 214 cm³/mol. The van der Waals surface area contributed by atoms with E-state index in [1.54, 1.807) is 36.4 Å². The van der Waals surface area contributed by atoms with Crippen LogP contribution in [0.2, 0.25) is 0 Å². The topological polar surface area (TPSA) is 180 Å². The van der Waals surface area contributed by atoms with Crippen molar-refractivity contribution in [2.75, 3.05) is 13.2 Å². The van der Waals surface area contributed by atoms with Gasteiger partial charge in [-0.2, -0.15) is 0 Å². The van der Waals surface area contributed by atoms with Gasteiger partial charge in [0.1, 0.15) is 47.7 Å². The molecule has 0 saturated carbocycles. The lowest BCUT2D eigenvalue weighted by Gasteiger charge is -2.19. The van der Waals surface area contributed by atoms with Crippen LogP contribution < -0.4 is 18.9 Å². The Labute approximate surface area is 337 Å². The molecular weight excluding hydrogens is 805 g/mol. The smallest absolute Gasteiger partial charge is 0.240 e.